The number of amides is 1. The third-order valence-corrected chi connectivity index (χ3v) is 4.01. The lowest BCUT2D eigenvalue weighted by Gasteiger charge is -2.21. The normalized spacial score (nSPS) is 16.8. The summed E-state index contributed by atoms with van der Waals surface area (Å²) in [5, 5.41) is 8.85. The van der Waals surface area contributed by atoms with Gasteiger partial charge in [-0.25, -0.2) is 0 Å². The van der Waals surface area contributed by atoms with Gasteiger partial charge in [-0.1, -0.05) is 0 Å². The van der Waals surface area contributed by atoms with E-state index in [0.717, 1.165) is 17.7 Å². The van der Waals surface area contributed by atoms with E-state index in [-0.39, 0.29) is 12.5 Å². The average Bonchev–Trinajstić information content (AvgIpc) is 2.57. The highest BCUT2D eigenvalue weighted by Crippen LogP contribution is 2.22. The Labute approximate surface area is 124 Å². The highest BCUT2D eigenvalue weighted by Gasteiger charge is 2.26. The number of hydrogen-bond donors (Lipinski definition) is 1. The first-order valence-electron chi connectivity index (χ1n) is 7.20. The lowest BCUT2D eigenvalue weighted by molar-refractivity contribution is -0.138. The van der Waals surface area contributed by atoms with Gasteiger partial charge in [0.15, 0.2) is 0 Å². The number of aliphatic carboxylic acids is 1. The predicted molar refractivity (Wildman–Crippen MR) is 77.5 cm³/mol. The van der Waals surface area contributed by atoms with Crippen LogP contribution >= 0.6 is 0 Å². The number of nitrogens with zero attached hydrogens (tertiary/aromatic N) is 2. The molecular weight excluding hydrogens is 272 g/mol. The van der Waals surface area contributed by atoms with Gasteiger partial charge in [0.25, 0.3) is 5.91 Å². The molecule has 1 aliphatic rings. The second-order valence-electron chi connectivity index (χ2n) is 5.53. The molecule has 0 spiro atoms. The molecule has 0 atom stereocenters. The molecule has 0 saturated carbocycles. The van der Waals surface area contributed by atoms with E-state index in [1.165, 1.54) is 0 Å². The molecule has 2 rings (SSSR count). The third kappa shape index (κ3) is 3.44. The number of rotatable bonds is 3. The fraction of sp³-hybridized carbons (Fsp3) is 0.600. The summed E-state index contributed by atoms with van der Waals surface area (Å²) in [6, 6.07) is 0. The van der Waals surface area contributed by atoms with E-state index in [4.69, 9.17) is 9.52 Å². The average molecular weight is 294 g/mol. The lowest BCUT2D eigenvalue weighted by atomic mass is 10.1. The summed E-state index contributed by atoms with van der Waals surface area (Å²) in [6.45, 7) is 8.09. The first-order valence-corrected chi connectivity index (χ1v) is 7.20. The van der Waals surface area contributed by atoms with Crippen LogP contribution in [0.15, 0.2) is 4.42 Å². The molecule has 0 radical (unpaired) electrons. The van der Waals surface area contributed by atoms with Crippen LogP contribution < -0.4 is 0 Å². The number of furan rings is 1. The summed E-state index contributed by atoms with van der Waals surface area (Å²) in [6.07, 6.45) is 0.786. The van der Waals surface area contributed by atoms with E-state index >= 15 is 0 Å². The second-order valence-corrected chi connectivity index (χ2v) is 5.53. The van der Waals surface area contributed by atoms with Gasteiger partial charge in [0, 0.05) is 31.7 Å². The van der Waals surface area contributed by atoms with Crippen LogP contribution in [-0.2, 0) is 4.79 Å². The zero-order chi connectivity index (χ0) is 15.6. The SMILES string of the molecule is Cc1oc(C)c(C(=O)N2CCCN(CC(=O)O)CC2)c1C. The number of carbonyl (C=O) groups excluding carboxylic acids is 1. The Morgan fingerprint density at radius 3 is 2.38 bits per heavy atom. The smallest absolute Gasteiger partial charge is 0.317 e. The minimum atomic E-state index is -0.827. The number of carboxylic acid groups (broad SMARTS) is 1. The highest BCUT2D eigenvalue weighted by atomic mass is 16.4. The Balaban J connectivity index is 2.08. The third-order valence-electron chi connectivity index (χ3n) is 4.01. The van der Waals surface area contributed by atoms with Crippen LogP contribution in [0.4, 0.5) is 0 Å². The Morgan fingerprint density at radius 1 is 1.10 bits per heavy atom. The highest BCUT2D eigenvalue weighted by molar-refractivity contribution is 5.96. The lowest BCUT2D eigenvalue weighted by Crippen LogP contribution is -2.37. The largest absolute Gasteiger partial charge is 0.480 e. The van der Waals surface area contributed by atoms with E-state index in [1.54, 1.807) is 4.90 Å². The van der Waals surface area contributed by atoms with Crippen LogP contribution in [0.1, 0.15) is 33.9 Å². The molecule has 6 nitrogen and oxygen atoms in total. The summed E-state index contributed by atoms with van der Waals surface area (Å²) in [4.78, 5) is 27.1. The Morgan fingerprint density at radius 2 is 1.81 bits per heavy atom. The maximum atomic E-state index is 12.7. The van der Waals surface area contributed by atoms with Crippen molar-refractivity contribution in [1.29, 1.82) is 0 Å². The van der Waals surface area contributed by atoms with Gasteiger partial charge in [-0.3, -0.25) is 14.5 Å². The molecule has 1 saturated heterocycles. The van der Waals surface area contributed by atoms with Crippen molar-refractivity contribution < 1.29 is 19.1 Å². The Hall–Kier alpha value is -1.82. The minimum absolute atomic E-state index is 0.0148. The molecule has 1 N–H and O–H groups in total. The van der Waals surface area contributed by atoms with E-state index in [2.05, 4.69) is 0 Å². The fourth-order valence-electron chi connectivity index (χ4n) is 2.79. The van der Waals surface area contributed by atoms with Gasteiger partial charge in [-0.2, -0.15) is 0 Å². The molecule has 1 aromatic heterocycles. The Kier molecular flexibility index (Phi) is 4.67. The second kappa shape index (κ2) is 6.30. The first-order chi connectivity index (χ1) is 9.90. The minimum Gasteiger partial charge on any atom is -0.480 e. The molecule has 0 unspecified atom stereocenters. The van der Waals surface area contributed by atoms with Gasteiger partial charge in [0.2, 0.25) is 0 Å². The number of carbonyl (C=O) groups is 2. The molecule has 116 valence electrons. The summed E-state index contributed by atoms with van der Waals surface area (Å²) < 4.78 is 5.53. The predicted octanol–water partition coefficient (Wildman–Crippen LogP) is 1.44. The zero-order valence-electron chi connectivity index (χ0n) is 12.8. The summed E-state index contributed by atoms with van der Waals surface area (Å²) in [5.74, 6) is 0.589. The first kappa shape index (κ1) is 15.6. The van der Waals surface area contributed by atoms with Crippen molar-refractivity contribution >= 4 is 11.9 Å². The van der Waals surface area contributed by atoms with E-state index < -0.39 is 5.97 Å². The van der Waals surface area contributed by atoms with Crippen molar-refractivity contribution in [3.05, 3.63) is 22.6 Å². The standard InChI is InChI=1S/C15H22N2O4/c1-10-11(2)21-12(3)14(10)15(20)17-6-4-5-16(7-8-17)9-13(18)19/h4-9H2,1-3H3,(H,18,19). The monoisotopic (exact) mass is 294 g/mol. The van der Waals surface area contributed by atoms with Crippen molar-refractivity contribution in [2.45, 2.75) is 27.2 Å². The van der Waals surface area contributed by atoms with Gasteiger partial charge in [-0.15, -0.1) is 0 Å². The summed E-state index contributed by atoms with van der Waals surface area (Å²) >= 11 is 0. The molecule has 1 amide bonds. The zero-order valence-corrected chi connectivity index (χ0v) is 12.8. The molecule has 2 heterocycles. The molecule has 21 heavy (non-hydrogen) atoms. The van der Waals surface area contributed by atoms with Gasteiger partial charge >= 0.3 is 5.97 Å². The number of hydrogen-bond acceptors (Lipinski definition) is 4. The van der Waals surface area contributed by atoms with Crippen LogP contribution in [0.3, 0.4) is 0 Å². The van der Waals surface area contributed by atoms with Crippen LogP contribution in [0, 0.1) is 20.8 Å². The van der Waals surface area contributed by atoms with Crippen LogP contribution in [0.2, 0.25) is 0 Å². The molecule has 6 heteroatoms. The summed E-state index contributed by atoms with van der Waals surface area (Å²) in [5.41, 5.74) is 1.54. The van der Waals surface area contributed by atoms with E-state index in [9.17, 15) is 9.59 Å². The van der Waals surface area contributed by atoms with Crippen molar-refractivity contribution in [3.63, 3.8) is 0 Å². The number of aryl methyl sites for hydroxylation is 2. The van der Waals surface area contributed by atoms with E-state index in [1.807, 2.05) is 25.7 Å². The topological polar surface area (TPSA) is 74.0 Å². The number of carboxylic acids is 1. The van der Waals surface area contributed by atoms with E-state index in [0.29, 0.717) is 37.5 Å². The van der Waals surface area contributed by atoms with Crippen molar-refractivity contribution in [2.24, 2.45) is 0 Å². The van der Waals surface area contributed by atoms with Crippen molar-refractivity contribution in [1.82, 2.24) is 9.80 Å². The van der Waals surface area contributed by atoms with Crippen LogP contribution in [-0.4, -0.2) is 59.5 Å². The fourth-order valence-corrected chi connectivity index (χ4v) is 2.79. The molecule has 0 bridgehead atoms. The van der Waals surface area contributed by atoms with Crippen LogP contribution in [0.25, 0.3) is 0 Å². The molecular formula is C15H22N2O4. The summed E-state index contributed by atoms with van der Waals surface area (Å²) in [7, 11) is 0. The molecule has 0 aromatic carbocycles. The van der Waals surface area contributed by atoms with Gasteiger partial charge < -0.3 is 14.4 Å². The van der Waals surface area contributed by atoms with Crippen molar-refractivity contribution in [2.75, 3.05) is 32.7 Å². The van der Waals surface area contributed by atoms with Crippen molar-refractivity contribution in [3.8, 4) is 0 Å². The molecule has 1 aromatic rings. The van der Waals surface area contributed by atoms with Crippen LogP contribution in [0.5, 0.6) is 0 Å². The van der Waals surface area contributed by atoms with Gasteiger partial charge in [0.1, 0.15) is 11.5 Å². The van der Waals surface area contributed by atoms with Gasteiger partial charge in [0.05, 0.1) is 12.1 Å². The van der Waals surface area contributed by atoms with Gasteiger partial charge in [-0.05, 0) is 27.2 Å². The molecule has 1 aliphatic heterocycles. The maximum absolute atomic E-state index is 12.7. The quantitative estimate of drug-likeness (QED) is 0.913. The maximum Gasteiger partial charge on any atom is 0.317 e. The molecule has 1 fully saturated rings. The molecule has 0 aliphatic carbocycles. The Bertz CT molecular complexity index is 550.